The van der Waals surface area contributed by atoms with E-state index in [0.29, 0.717) is 22.6 Å². The molecule has 0 saturated heterocycles. The fourth-order valence-corrected chi connectivity index (χ4v) is 2.44. The van der Waals surface area contributed by atoms with Crippen LogP contribution in [-0.2, 0) is 0 Å². The van der Waals surface area contributed by atoms with E-state index in [0.717, 1.165) is 10.9 Å². The number of hydrogen-bond acceptors (Lipinski definition) is 4. The van der Waals surface area contributed by atoms with Crippen LogP contribution in [0.1, 0.15) is 26.4 Å². The summed E-state index contributed by atoms with van der Waals surface area (Å²) < 4.78 is 5.18. The number of rotatable bonds is 3. The van der Waals surface area contributed by atoms with Crippen LogP contribution in [0, 0.1) is 6.92 Å². The summed E-state index contributed by atoms with van der Waals surface area (Å²) >= 11 is 0. The van der Waals surface area contributed by atoms with Gasteiger partial charge in [0.15, 0.2) is 0 Å². The van der Waals surface area contributed by atoms with Crippen LogP contribution >= 0.6 is 0 Å². The molecule has 2 N–H and O–H groups in total. The number of carbonyl (C=O) groups is 2. The minimum absolute atomic E-state index is 0.384. The number of nitrogens with one attached hydrogen (secondary N) is 2. The summed E-state index contributed by atoms with van der Waals surface area (Å²) in [6, 6.07) is 15.8. The van der Waals surface area contributed by atoms with E-state index in [2.05, 4.69) is 15.8 Å². The van der Waals surface area contributed by atoms with Gasteiger partial charge < -0.3 is 4.74 Å². The van der Waals surface area contributed by atoms with Crippen LogP contribution in [0.2, 0.25) is 0 Å². The number of fused-ring (bicyclic) bond motifs is 1. The van der Waals surface area contributed by atoms with E-state index in [1.54, 1.807) is 56.5 Å². The lowest BCUT2D eigenvalue weighted by molar-refractivity contribution is 0.0846. The van der Waals surface area contributed by atoms with Crippen molar-refractivity contribution in [1.29, 1.82) is 0 Å². The van der Waals surface area contributed by atoms with Crippen LogP contribution in [0.25, 0.3) is 10.9 Å². The Balaban J connectivity index is 1.77. The Morgan fingerprint density at radius 1 is 0.960 bits per heavy atom. The summed E-state index contributed by atoms with van der Waals surface area (Å²) in [4.78, 5) is 28.8. The zero-order valence-corrected chi connectivity index (χ0v) is 13.9. The van der Waals surface area contributed by atoms with E-state index in [1.165, 1.54) is 0 Å². The van der Waals surface area contributed by atoms with Crippen molar-refractivity contribution in [3.05, 3.63) is 71.4 Å². The minimum atomic E-state index is -0.424. The average molecular weight is 335 g/mol. The van der Waals surface area contributed by atoms with Crippen molar-refractivity contribution in [3.63, 3.8) is 0 Å². The highest BCUT2D eigenvalue weighted by Gasteiger charge is 2.13. The molecular weight excluding hydrogens is 318 g/mol. The molecule has 0 bridgehead atoms. The lowest BCUT2D eigenvalue weighted by Crippen LogP contribution is -2.41. The summed E-state index contributed by atoms with van der Waals surface area (Å²) in [5, 5.41) is 0.811. The van der Waals surface area contributed by atoms with Gasteiger partial charge in [0.1, 0.15) is 5.75 Å². The van der Waals surface area contributed by atoms with Crippen molar-refractivity contribution < 1.29 is 14.3 Å². The number of amides is 2. The van der Waals surface area contributed by atoms with Crippen LogP contribution in [0.15, 0.2) is 54.6 Å². The maximum Gasteiger partial charge on any atom is 0.271 e. The van der Waals surface area contributed by atoms with E-state index in [1.807, 2.05) is 12.1 Å². The van der Waals surface area contributed by atoms with Gasteiger partial charge in [0.2, 0.25) is 0 Å². The number of carbonyl (C=O) groups excluding carboxylic acids is 2. The highest BCUT2D eigenvalue weighted by atomic mass is 16.5. The number of ether oxygens (including phenoxy) is 1. The molecule has 25 heavy (non-hydrogen) atoms. The molecular formula is C19H17N3O3. The fourth-order valence-electron chi connectivity index (χ4n) is 2.44. The van der Waals surface area contributed by atoms with Crippen molar-refractivity contribution in [2.24, 2.45) is 0 Å². The van der Waals surface area contributed by atoms with Crippen LogP contribution in [0.5, 0.6) is 5.75 Å². The van der Waals surface area contributed by atoms with Gasteiger partial charge in [-0.05, 0) is 37.3 Å². The quantitative estimate of drug-likeness (QED) is 0.721. The monoisotopic (exact) mass is 335 g/mol. The average Bonchev–Trinajstić information content (AvgIpc) is 2.65. The van der Waals surface area contributed by atoms with Gasteiger partial charge in [-0.1, -0.05) is 18.2 Å². The lowest BCUT2D eigenvalue weighted by atomic mass is 10.1. The SMILES string of the molecule is COc1ccc2cc(C(=O)NNC(=O)c3ccccc3)c(C)nc2c1. The highest BCUT2D eigenvalue weighted by molar-refractivity contribution is 6.01. The number of hydrazine groups is 1. The van der Waals surface area contributed by atoms with Gasteiger partial charge in [-0.15, -0.1) is 0 Å². The molecule has 2 aromatic carbocycles. The van der Waals surface area contributed by atoms with E-state index in [-0.39, 0.29) is 5.91 Å². The van der Waals surface area contributed by atoms with Crippen molar-refractivity contribution in [2.45, 2.75) is 6.92 Å². The van der Waals surface area contributed by atoms with Crippen molar-refractivity contribution in [2.75, 3.05) is 7.11 Å². The summed E-state index contributed by atoms with van der Waals surface area (Å²) in [6.45, 7) is 1.74. The van der Waals surface area contributed by atoms with Gasteiger partial charge >= 0.3 is 0 Å². The van der Waals surface area contributed by atoms with Crippen molar-refractivity contribution in [1.82, 2.24) is 15.8 Å². The van der Waals surface area contributed by atoms with Gasteiger partial charge in [0, 0.05) is 17.0 Å². The molecule has 3 aromatic rings. The Morgan fingerprint density at radius 2 is 1.68 bits per heavy atom. The van der Waals surface area contributed by atoms with E-state index in [4.69, 9.17) is 4.74 Å². The molecule has 0 fully saturated rings. The lowest BCUT2D eigenvalue weighted by Gasteiger charge is -2.10. The maximum atomic E-state index is 12.4. The number of pyridine rings is 1. The second-order valence-electron chi connectivity index (χ2n) is 5.45. The molecule has 0 saturated carbocycles. The largest absolute Gasteiger partial charge is 0.497 e. The number of nitrogens with zero attached hydrogens (tertiary/aromatic N) is 1. The minimum Gasteiger partial charge on any atom is -0.497 e. The summed E-state index contributed by atoms with van der Waals surface area (Å²) in [6.07, 6.45) is 0. The molecule has 6 heteroatoms. The molecule has 0 aliphatic heterocycles. The standard InChI is InChI=1S/C19H17N3O3/c1-12-16(10-14-8-9-15(25-2)11-17(14)20-12)19(24)22-21-18(23)13-6-4-3-5-7-13/h3-11H,1-2H3,(H,21,23)(H,22,24). The first-order chi connectivity index (χ1) is 12.1. The summed E-state index contributed by atoms with van der Waals surface area (Å²) in [5.41, 5.74) is 6.98. The van der Waals surface area contributed by atoms with E-state index < -0.39 is 5.91 Å². The van der Waals surface area contributed by atoms with Crippen molar-refractivity contribution >= 4 is 22.7 Å². The topological polar surface area (TPSA) is 80.3 Å². The van der Waals surface area contributed by atoms with Crippen LogP contribution < -0.4 is 15.6 Å². The zero-order chi connectivity index (χ0) is 17.8. The van der Waals surface area contributed by atoms with Gasteiger partial charge in [-0.25, -0.2) is 0 Å². The third-order valence-electron chi connectivity index (χ3n) is 3.79. The Hall–Kier alpha value is -3.41. The van der Waals surface area contributed by atoms with E-state index >= 15 is 0 Å². The molecule has 0 radical (unpaired) electrons. The Kier molecular flexibility index (Phi) is 4.61. The predicted octanol–water partition coefficient (Wildman–Crippen LogP) is 2.63. The number of hydrogen-bond donors (Lipinski definition) is 2. The maximum absolute atomic E-state index is 12.4. The van der Waals surface area contributed by atoms with Crippen LogP contribution in [0.3, 0.4) is 0 Å². The number of methoxy groups -OCH3 is 1. The normalized spacial score (nSPS) is 10.3. The second kappa shape index (κ2) is 7.00. The molecule has 2 amide bonds. The summed E-state index contributed by atoms with van der Waals surface area (Å²) in [5.74, 6) is -0.108. The number of aryl methyl sites for hydroxylation is 1. The molecule has 1 aromatic heterocycles. The van der Waals surface area contributed by atoms with Gasteiger partial charge in [-0.3, -0.25) is 25.4 Å². The highest BCUT2D eigenvalue weighted by Crippen LogP contribution is 2.21. The molecule has 0 unspecified atom stereocenters. The Labute approximate surface area is 144 Å². The van der Waals surface area contributed by atoms with Crippen molar-refractivity contribution in [3.8, 4) is 5.75 Å². The second-order valence-corrected chi connectivity index (χ2v) is 5.45. The smallest absolute Gasteiger partial charge is 0.271 e. The molecule has 0 spiro atoms. The first-order valence-electron chi connectivity index (χ1n) is 7.69. The molecule has 126 valence electrons. The third-order valence-corrected chi connectivity index (χ3v) is 3.79. The van der Waals surface area contributed by atoms with Gasteiger partial charge in [0.25, 0.3) is 11.8 Å². The van der Waals surface area contributed by atoms with Crippen LogP contribution in [0.4, 0.5) is 0 Å². The zero-order valence-electron chi connectivity index (χ0n) is 13.9. The molecule has 3 rings (SSSR count). The first kappa shape index (κ1) is 16.4. The molecule has 6 nitrogen and oxygen atoms in total. The van der Waals surface area contributed by atoms with E-state index in [9.17, 15) is 9.59 Å². The molecule has 0 aliphatic carbocycles. The molecule has 1 heterocycles. The van der Waals surface area contributed by atoms with Gasteiger partial charge in [0.05, 0.1) is 23.9 Å². The molecule has 0 atom stereocenters. The fraction of sp³-hybridized carbons (Fsp3) is 0.105. The Morgan fingerprint density at radius 3 is 2.40 bits per heavy atom. The first-order valence-corrected chi connectivity index (χ1v) is 7.69. The van der Waals surface area contributed by atoms with Crippen LogP contribution in [-0.4, -0.2) is 23.9 Å². The molecule has 0 aliphatic rings. The number of aromatic nitrogens is 1. The predicted molar refractivity (Wildman–Crippen MR) is 94.4 cm³/mol. The number of benzene rings is 2. The third kappa shape index (κ3) is 3.58. The summed E-state index contributed by atoms with van der Waals surface area (Å²) in [7, 11) is 1.59. The van der Waals surface area contributed by atoms with Gasteiger partial charge in [-0.2, -0.15) is 0 Å². The Bertz CT molecular complexity index is 939.